The molecular weight excluding hydrogens is 332 g/mol. The summed E-state index contributed by atoms with van der Waals surface area (Å²) in [5.74, 6) is 0. The van der Waals surface area contributed by atoms with Crippen molar-refractivity contribution in [3.8, 4) is 39.8 Å². The highest BCUT2D eigenvalue weighted by atomic mass is 15.1. The molecule has 0 bridgehead atoms. The van der Waals surface area contributed by atoms with Gasteiger partial charge in [-0.05, 0) is 6.07 Å². The number of aromatic nitrogens is 3. The molecule has 1 aliphatic rings. The number of nitriles is 1. The van der Waals surface area contributed by atoms with Gasteiger partial charge in [-0.25, -0.2) is 0 Å². The molecule has 2 aromatic heterocycles. The van der Waals surface area contributed by atoms with Crippen LogP contribution in [0, 0.1) is 11.3 Å². The first-order chi connectivity index (χ1) is 13.4. The van der Waals surface area contributed by atoms with Crippen molar-refractivity contribution in [3.63, 3.8) is 0 Å². The van der Waals surface area contributed by atoms with E-state index >= 15 is 0 Å². The second-order valence-electron chi connectivity index (χ2n) is 6.44. The molecule has 0 spiro atoms. The maximum absolute atomic E-state index is 9.97. The highest BCUT2D eigenvalue weighted by Crippen LogP contribution is 2.42. The molecular formula is C23H15N4+. The number of fused-ring (bicyclic) bond motifs is 3. The Morgan fingerprint density at radius 1 is 0.741 bits per heavy atom. The summed E-state index contributed by atoms with van der Waals surface area (Å²) in [7, 11) is 0. The Hall–Kier alpha value is -3.84. The van der Waals surface area contributed by atoms with Crippen LogP contribution in [0.5, 0.6) is 0 Å². The fourth-order valence-corrected chi connectivity index (χ4v) is 3.74. The van der Waals surface area contributed by atoms with Gasteiger partial charge in [0.15, 0.2) is 6.20 Å². The third-order valence-electron chi connectivity index (χ3n) is 4.93. The molecule has 2 aromatic carbocycles. The maximum Gasteiger partial charge on any atom is 0.272 e. The Labute approximate surface area is 157 Å². The summed E-state index contributed by atoms with van der Waals surface area (Å²) in [5.41, 5.74) is 6.43. The van der Waals surface area contributed by atoms with Gasteiger partial charge in [-0.2, -0.15) is 9.83 Å². The number of hydrogen-bond acceptors (Lipinski definition) is 3. The largest absolute Gasteiger partial charge is 0.272 e. The van der Waals surface area contributed by atoms with Gasteiger partial charge in [-0.1, -0.05) is 60.7 Å². The lowest BCUT2D eigenvalue weighted by Gasteiger charge is -2.09. The molecule has 4 aromatic rings. The van der Waals surface area contributed by atoms with Crippen LogP contribution in [0.4, 0.5) is 0 Å². The Bertz CT molecular complexity index is 1180. The lowest BCUT2D eigenvalue weighted by molar-refractivity contribution is -0.685. The zero-order valence-corrected chi connectivity index (χ0v) is 14.4. The molecule has 1 atom stereocenters. The molecule has 27 heavy (non-hydrogen) atoms. The van der Waals surface area contributed by atoms with Crippen LogP contribution in [0.1, 0.15) is 11.6 Å². The summed E-state index contributed by atoms with van der Waals surface area (Å²) in [6, 6.07) is 28.0. The summed E-state index contributed by atoms with van der Waals surface area (Å²) in [6.07, 6.45) is 1.95. The van der Waals surface area contributed by atoms with Crippen molar-refractivity contribution in [3.05, 3.63) is 90.6 Å². The average Bonchev–Trinajstić information content (AvgIpc) is 3.09. The number of nitrogens with zero attached hydrogens (tertiary/aromatic N) is 4. The van der Waals surface area contributed by atoms with Gasteiger partial charge in [0.05, 0.1) is 11.1 Å². The van der Waals surface area contributed by atoms with Gasteiger partial charge in [-0.3, -0.25) is 0 Å². The van der Waals surface area contributed by atoms with E-state index in [9.17, 15) is 5.26 Å². The number of pyridine rings is 1. The van der Waals surface area contributed by atoms with Crippen molar-refractivity contribution < 1.29 is 4.57 Å². The molecule has 1 unspecified atom stereocenters. The maximum atomic E-state index is 9.97. The van der Waals surface area contributed by atoms with E-state index in [4.69, 9.17) is 0 Å². The van der Waals surface area contributed by atoms with Crippen molar-refractivity contribution in [2.45, 2.75) is 6.04 Å². The van der Waals surface area contributed by atoms with Crippen LogP contribution in [0.3, 0.4) is 0 Å². The molecule has 4 heteroatoms. The standard InChI is InChI=1S/C23H15N4/c24-15-19-21-20(18-13-7-8-14-27(18)19)22(16-9-3-1-4-10-16)25-26-23(21)17-11-5-2-6-12-17/h1-14,19H/q+1. The van der Waals surface area contributed by atoms with E-state index in [1.807, 2.05) is 89.6 Å². The summed E-state index contributed by atoms with van der Waals surface area (Å²) in [4.78, 5) is 0. The first-order valence-corrected chi connectivity index (χ1v) is 8.80. The van der Waals surface area contributed by atoms with Crippen LogP contribution in [0.15, 0.2) is 85.1 Å². The molecule has 126 valence electrons. The lowest BCUT2D eigenvalue weighted by Crippen LogP contribution is -2.36. The van der Waals surface area contributed by atoms with E-state index in [2.05, 4.69) is 16.3 Å². The van der Waals surface area contributed by atoms with Crippen LogP contribution in [0.25, 0.3) is 33.8 Å². The third-order valence-corrected chi connectivity index (χ3v) is 4.93. The molecule has 0 saturated carbocycles. The minimum Gasteiger partial charge on any atom is -0.191 e. The predicted molar refractivity (Wildman–Crippen MR) is 102 cm³/mol. The first-order valence-electron chi connectivity index (χ1n) is 8.80. The zero-order chi connectivity index (χ0) is 18.2. The van der Waals surface area contributed by atoms with Gasteiger partial charge in [0.25, 0.3) is 6.04 Å². The second-order valence-corrected chi connectivity index (χ2v) is 6.44. The molecule has 1 aliphatic heterocycles. The molecule has 0 saturated heterocycles. The molecule has 0 aliphatic carbocycles. The van der Waals surface area contributed by atoms with Gasteiger partial charge in [0.1, 0.15) is 17.5 Å². The van der Waals surface area contributed by atoms with Gasteiger partial charge in [0.2, 0.25) is 5.69 Å². The van der Waals surface area contributed by atoms with Gasteiger partial charge >= 0.3 is 0 Å². The van der Waals surface area contributed by atoms with Gasteiger partial charge in [-0.15, -0.1) is 10.2 Å². The average molecular weight is 347 g/mol. The summed E-state index contributed by atoms with van der Waals surface area (Å²) < 4.78 is 2.01. The highest BCUT2D eigenvalue weighted by molar-refractivity contribution is 5.86. The van der Waals surface area contributed by atoms with Gasteiger partial charge in [0, 0.05) is 23.3 Å². The van der Waals surface area contributed by atoms with Crippen molar-refractivity contribution >= 4 is 0 Å². The van der Waals surface area contributed by atoms with E-state index in [1.54, 1.807) is 0 Å². The third kappa shape index (κ3) is 2.33. The Morgan fingerprint density at radius 3 is 2.00 bits per heavy atom. The minimum atomic E-state index is -0.427. The molecule has 4 nitrogen and oxygen atoms in total. The second kappa shape index (κ2) is 6.15. The van der Waals surface area contributed by atoms with Crippen molar-refractivity contribution in [2.24, 2.45) is 0 Å². The lowest BCUT2D eigenvalue weighted by atomic mass is 9.94. The summed E-state index contributed by atoms with van der Waals surface area (Å²) in [5, 5.41) is 19.1. The first kappa shape index (κ1) is 15.4. The van der Waals surface area contributed by atoms with E-state index in [1.165, 1.54) is 0 Å². The van der Waals surface area contributed by atoms with Crippen LogP contribution in [-0.2, 0) is 0 Å². The predicted octanol–water partition coefficient (Wildman–Crippen LogP) is 4.19. The minimum absolute atomic E-state index is 0.427. The highest BCUT2D eigenvalue weighted by Gasteiger charge is 2.42. The van der Waals surface area contributed by atoms with E-state index in [-0.39, 0.29) is 0 Å². The van der Waals surface area contributed by atoms with Crippen molar-refractivity contribution in [2.75, 3.05) is 0 Å². The van der Waals surface area contributed by atoms with E-state index < -0.39 is 6.04 Å². The van der Waals surface area contributed by atoms with E-state index in [0.717, 1.165) is 39.3 Å². The number of hydrogen-bond donors (Lipinski definition) is 0. The normalized spacial score (nSPS) is 14.3. The van der Waals surface area contributed by atoms with Crippen LogP contribution in [-0.4, -0.2) is 10.2 Å². The number of rotatable bonds is 2. The Morgan fingerprint density at radius 2 is 1.33 bits per heavy atom. The van der Waals surface area contributed by atoms with Crippen LogP contribution < -0.4 is 4.57 Å². The molecule has 0 radical (unpaired) electrons. The smallest absolute Gasteiger partial charge is 0.191 e. The fraction of sp³-hybridized carbons (Fsp3) is 0.0435. The van der Waals surface area contributed by atoms with Crippen LogP contribution in [0.2, 0.25) is 0 Å². The molecule has 0 fully saturated rings. The summed E-state index contributed by atoms with van der Waals surface area (Å²) >= 11 is 0. The molecule has 5 rings (SSSR count). The van der Waals surface area contributed by atoms with Crippen LogP contribution >= 0.6 is 0 Å². The monoisotopic (exact) mass is 347 g/mol. The number of benzene rings is 2. The Kier molecular flexibility index (Phi) is 3.51. The molecule has 0 amide bonds. The van der Waals surface area contributed by atoms with Crippen molar-refractivity contribution in [1.82, 2.24) is 10.2 Å². The van der Waals surface area contributed by atoms with E-state index in [0.29, 0.717) is 0 Å². The molecule has 3 heterocycles. The molecule has 0 N–H and O–H groups in total. The van der Waals surface area contributed by atoms with Gasteiger partial charge < -0.3 is 0 Å². The quantitative estimate of drug-likeness (QED) is 0.511. The Balaban J connectivity index is 1.88. The fourth-order valence-electron chi connectivity index (χ4n) is 3.74. The summed E-state index contributed by atoms with van der Waals surface area (Å²) in [6.45, 7) is 0. The van der Waals surface area contributed by atoms with Crippen molar-refractivity contribution in [1.29, 1.82) is 5.26 Å². The SMILES string of the molecule is N#CC1c2c(-c3ccccc3)nnc(-c3ccccc3)c2-c2cccc[n+]21. The zero-order valence-electron chi connectivity index (χ0n) is 14.4. The topological polar surface area (TPSA) is 53.5 Å².